The van der Waals surface area contributed by atoms with Gasteiger partial charge in [-0.3, -0.25) is 4.90 Å². The molecule has 1 atom stereocenters. The molecular weight excluding hydrogens is 246 g/mol. The number of hydrogen-bond acceptors (Lipinski definition) is 3. The maximum absolute atomic E-state index is 8.82. The van der Waals surface area contributed by atoms with Gasteiger partial charge >= 0.3 is 0 Å². The molecule has 0 N–H and O–H groups in total. The van der Waals surface area contributed by atoms with Gasteiger partial charge in [-0.1, -0.05) is 11.6 Å². The third kappa shape index (κ3) is 3.38. The second-order valence-electron chi connectivity index (χ2n) is 4.79. The molecule has 0 aromatic heterocycles. The van der Waals surface area contributed by atoms with Crippen LogP contribution in [0.5, 0.6) is 0 Å². The summed E-state index contributed by atoms with van der Waals surface area (Å²) >= 11 is 5.89. The van der Waals surface area contributed by atoms with Crippen molar-refractivity contribution in [3.63, 3.8) is 0 Å². The number of hydrogen-bond donors (Lipinski definition) is 0. The van der Waals surface area contributed by atoms with Crippen LogP contribution in [0.4, 0.5) is 5.69 Å². The van der Waals surface area contributed by atoms with Crippen LogP contribution in [0.3, 0.4) is 0 Å². The van der Waals surface area contributed by atoms with E-state index in [4.69, 9.17) is 16.9 Å². The quantitative estimate of drug-likeness (QED) is 0.840. The SMILES string of the molecule is CC(C#N)CN1CCN(c2ccc(Cl)cc2)CC1. The first-order valence-electron chi connectivity index (χ1n) is 6.31. The second kappa shape index (κ2) is 6.08. The smallest absolute Gasteiger partial charge is 0.0666 e. The van der Waals surface area contributed by atoms with Crippen LogP contribution in [-0.2, 0) is 0 Å². The average molecular weight is 264 g/mol. The summed E-state index contributed by atoms with van der Waals surface area (Å²) in [5, 5.41) is 9.60. The van der Waals surface area contributed by atoms with E-state index in [0.717, 1.165) is 37.7 Å². The minimum Gasteiger partial charge on any atom is -0.369 e. The molecule has 0 spiro atoms. The van der Waals surface area contributed by atoms with E-state index >= 15 is 0 Å². The summed E-state index contributed by atoms with van der Waals surface area (Å²) in [4.78, 5) is 4.73. The fourth-order valence-electron chi connectivity index (χ4n) is 2.27. The molecule has 1 heterocycles. The van der Waals surface area contributed by atoms with Crippen LogP contribution in [0.1, 0.15) is 6.92 Å². The molecule has 1 aromatic rings. The number of nitriles is 1. The van der Waals surface area contributed by atoms with Crippen molar-refractivity contribution in [2.75, 3.05) is 37.6 Å². The predicted molar refractivity (Wildman–Crippen MR) is 74.9 cm³/mol. The summed E-state index contributed by atoms with van der Waals surface area (Å²) in [6.07, 6.45) is 0. The first-order chi connectivity index (χ1) is 8.69. The number of nitrogens with zero attached hydrogens (tertiary/aromatic N) is 3. The summed E-state index contributed by atoms with van der Waals surface area (Å²) in [5.41, 5.74) is 1.23. The Hall–Kier alpha value is -1.24. The minimum atomic E-state index is 0.118. The van der Waals surface area contributed by atoms with Gasteiger partial charge in [0.2, 0.25) is 0 Å². The monoisotopic (exact) mass is 263 g/mol. The van der Waals surface area contributed by atoms with Gasteiger partial charge in [-0.05, 0) is 31.2 Å². The highest BCUT2D eigenvalue weighted by atomic mass is 35.5. The van der Waals surface area contributed by atoms with Crippen molar-refractivity contribution in [2.24, 2.45) is 5.92 Å². The molecule has 0 aliphatic carbocycles. The Morgan fingerprint density at radius 3 is 2.39 bits per heavy atom. The molecule has 2 rings (SSSR count). The lowest BCUT2D eigenvalue weighted by Gasteiger charge is -2.36. The topological polar surface area (TPSA) is 30.3 Å². The molecule has 1 aliphatic rings. The van der Waals surface area contributed by atoms with E-state index in [1.807, 2.05) is 19.1 Å². The Bertz CT molecular complexity index is 416. The highest BCUT2D eigenvalue weighted by Gasteiger charge is 2.18. The summed E-state index contributed by atoms with van der Waals surface area (Å²) in [5.74, 6) is 0.118. The number of piperazine rings is 1. The highest BCUT2D eigenvalue weighted by molar-refractivity contribution is 6.30. The molecule has 1 fully saturated rings. The fourth-order valence-corrected chi connectivity index (χ4v) is 2.39. The van der Waals surface area contributed by atoms with Crippen LogP contribution in [-0.4, -0.2) is 37.6 Å². The van der Waals surface area contributed by atoms with E-state index in [2.05, 4.69) is 28.0 Å². The lowest BCUT2D eigenvalue weighted by molar-refractivity contribution is 0.241. The van der Waals surface area contributed by atoms with Gasteiger partial charge in [0.25, 0.3) is 0 Å². The van der Waals surface area contributed by atoms with Crippen molar-refractivity contribution >= 4 is 17.3 Å². The lowest BCUT2D eigenvalue weighted by Crippen LogP contribution is -2.47. The normalized spacial score (nSPS) is 18.4. The third-order valence-corrected chi connectivity index (χ3v) is 3.57. The molecule has 1 aliphatic heterocycles. The van der Waals surface area contributed by atoms with Gasteiger partial charge in [-0.25, -0.2) is 0 Å². The van der Waals surface area contributed by atoms with E-state index in [9.17, 15) is 0 Å². The molecule has 0 saturated carbocycles. The molecule has 4 heteroatoms. The van der Waals surface area contributed by atoms with Crippen LogP contribution in [0.2, 0.25) is 5.02 Å². The zero-order valence-electron chi connectivity index (χ0n) is 10.6. The minimum absolute atomic E-state index is 0.118. The Labute approximate surface area is 114 Å². The van der Waals surface area contributed by atoms with E-state index in [1.165, 1.54) is 5.69 Å². The molecule has 96 valence electrons. The number of benzene rings is 1. The van der Waals surface area contributed by atoms with Crippen LogP contribution in [0.25, 0.3) is 0 Å². The molecule has 1 saturated heterocycles. The largest absolute Gasteiger partial charge is 0.369 e. The molecule has 1 aromatic carbocycles. The zero-order chi connectivity index (χ0) is 13.0. The Morgan fingerprint density at radius 1 is 1.22 bits per heavy atom. The van der Waals surface area contributed by atoms with Gasteiger partial charge < -0.3 is 4.90 Å². The van der Waals surface area contributed by atoms with Crippen molar-refractivity contribution < 1.29 is 0 Å². The molecule has 18 heavy (non-hydrogen) atoms. The van der Waals surface area contributed by atoms with Crippen molar-refractivity contribution in [1.82, 2.24) is 4.90 Å². The van der Waals surface area contributed by atoms with Crippen molar-refractivity contribution in [2.45, 2.75) is 6.92 Å². The van der Waals surface area contributed by atoms with Crippen LogP contribution in [0.15, 0.2) is 24.3 Å². The number of anilines is 1. The maximum atomic E-state index is 8.82. The molecule has 0 radical (unpaired) electrons. The molecule has 0 amide bonds. The molecular formula is C14H18ClN3. The average Bonchev–Trinajstić information content (AvgIpc) is 2.40. The lowest BCUT2D eigenvalue weighted by atomic mass is 10.1. The molecule has 1 unspecified atom stereocenters. The predicted octanol–water partition coefficient (Wildman–Crippen LogP) is 2.62. The van der Waals surface area contributed by atoms with Crippen LogP contribution < -0.4 is 4.90 Å². The summed E-state index contributed by atoms with van der Waals surface area (Å²) in [7, 11) is 0. The molecule has 0 bridgehead atoms. The fraction of sp³-hybridized carbons (Fsp3) is 0.500. The van der Waals surface area contributed by atoms with Gasteiger partial charge in [0.1, 0.15) is 0 Å². The zero-order valence-corrected chi connectivity index (χ0v) is 11.4. The summed E-state index contributed by atoms with van der Waals surface area (Å²) < 4.78 is 0. The van der Waals surface area contributed by atoms with E-state index in [-0.39, 0.29) is 5.92 Å². The Kier molecular flexibility index (Phi) is 4.46. The second-order valence-corrected chi connectivity index (χ2v) is 5.23. The van der Waals surface area contributed by atoms with Gasteiger partial charge in [0.05, 0.1) is 12.0 Å². The first-order valence-corrected chi connectivity index (χ1v) is 6.69. The van der Waals surface area contributed by atoms with Gasteiger partial charge in [0.15, 0.2) is 0 Å². The van der Waals surface area contributed by atoms with Crippen molar-refractivity contribution in [1.29, 1.82) is 5.26 Å². The van der Waals surface area contributed by atoms with Gasteiger partial charge in [-0.2, -0.15) is 5.26 Å². The van der Waals surface area contributed by atoms with Crippen molar-refractivity contribution in [3.8, 4) is 6.07 Å². The number of rotatable bonds is 3. The summed E-state index contributed by atoms with van der Waals surface area (Å²) in [6, 6.07) is 10.3. The van der Waals surface area contributed by atoms with E-state index in [0.29, 0.717) is 0 Å². The standard InChI is InChI=1S/C14H18ClN3/c1-12(10-16)11-17-6-8-18(9-7-17)14-4-2-13(15)3-5-14/h2-5,12H,6-9,11H2,1H3. The first kappa shape index (κ1) is 13.2. The summed E-state index contributed by atoms with van der Waals surface area (Å²) in [6.45, 7) is 6.93. The maximum Gasteiger partial charge on any atom is 0.0666 e. The van der Waals surface area contributed by atoms with E-state index < -0.39 is 0 Å². The third-order valence-electron chi connectivity index (χ3n) is 3.32. The van der Waals surface area contributed by atoms with E-state index in [1.54, 1.807) is 0 Å². The van der Waals surface area contributed by atoms with Gasteiger partial charge in [-0.15, -0.1) is 0 Å². The van der Waals surface area contributed by atoms with Crippen molar-refractivity contribution in [3.05, 3.63) is 29.3 Å². The highest BCUT2D eigenvalue weighted by Crippen LogP contribution is 2.19. The Morgan fingerprint density at radius 2 is 1.83 bits per heavy atom. The number of halogens is 1. The van der Waals surface area contributed by atoms with Gasteiger partial charge in [0, 0.05) is 43.4 Å². The molecule has 3 nitrogen and oxygen atoms in total. The van der Waals surface area contributed by atoms with Crippen LogP contribution >= 0.6 is 11.6 Å². The van der Waals surface area contributed by atoms with Crippen LogP contribution in [0, 0.1) is 17.2 Å². The Balaban J connectivity index is 1.87.